The van der Waals surface area contributed by atoms with Crippen LogP contribution in [0.2, 0.25) is 0 Å². The molecule has 0 atom stereocenters. The fraction of sp³-hybridized carbons (Fsp3) is 0.478. The van der Waals surface area contributed by atoms with Crippen LogP contribution in [0.3, 0.4) is 0 Å². The second-order valence-corrected chi connectivity index (χ2v) is 8.73. The molecule has 4 heteroatoms. The first kappa shape index (κ1) is 18.6. The van der Waals surface area contributed by atoms with Crippen LogP contribution in [0, 0.1) is 0 Å². The summed E-state index contributed by atoms with van der Waals surface area (Å²) in [7, 11) is 0. The number of rotatable bonds is 8. The molecule has 1 saturated carbocycles. The number of pyridine rings is 2. The minimum absolute atomic E-state index is 0.737. The highest BCUT2D eigenvalue weighted by Crippen LogP contribution is 2.42. The first-order valence-corrected chi connectivity index (χ1v) is 11.2. The number of nitrogens with zero attached hydrogens (tertiary/aromatic N) is 3. The Labute approximate surface area is 166 Å². The van der Waals surface area contributed by atoms with E-state index in [0.29, 0.717) is 0 Å². The molecule has 0 unspecified atom stereocenters. The average Bonchev–Trinajstić information content (AvgIpc) is 3.07. The molecule has 0 amide bonds. The Morgan fingerprint density at radius 2 is 1.89 bits per heavy atom. The van der Waals surface area contributed by atoms with Crippen LogP contribution in [-0.4, -0.2) is 28.0 Å². The van der Waals surface area contributed by atoms with Crippen LogP contribution < -0.4 is 0 Å². The van der Waals surface area contributed by atoms with Gasteiger partial charge >= 0.3 is 0 Å². The van der Waals surface area contributed by atoms with E-state index in [1.54, 1.807) is 0 Å². The van der Waals surface area contributed by atoms with E-state index in [4.69, 9.17) is 4.98 Å². The van der Waals surface area contributed by atoms with E-state index in [1.165, 1.54) is 52.8 Å². The van der Waals surface area contributed by atoms with E-state index >= 15 is 0 Å². The van der Waals surface area contributed by atoms with Gasteiger partial charge in [0.25, 0.3) is 0 Å². The van der Waals surface area contributed by atoms with E-state index in [0.717, 1.165) is 36.8 Å². The highest BCUT2D eigenvalue weighted by molar-refractivity contribution is 7.22. The van der Waals surface area contributed by atoms with Crippen molar-refractivity contribution in [3.8, 4) is 10.6 Å². The molecule has 3 nitrogen and oxygen atoms in total. The Kier molecular flexibility index (Phi) is 5.84. The summed E-state index contributed by atoms with van der Waals surface area (Å²) in [6.45, 7) is 7.80. The van der Waals surface area contributed by atoms with Crippen molar-refractivity contribution in [3.05, 3.63) is 47.8 Å². The van der Waals surface area contributed by atoms with Crippen molar-refractivity contribution in [2.75, 3.05) is 13.1 Å². The van der Waals surface area contributed by atoms with Gasteiger partial charge in [-0.1, -0.05) is 26.3 Å². The maximum absolute atomic E-state index is 4.78. The van der Waals surface area contributed by atoms with Gasteiger partial charge in [0.1, 0.15) is 0 Å². The van der Waals surface area contributed by atoms with E-state index in [-0.39, 0.29) is 0 Å². The Balaban J connectivity index is 1.55. The van der Waals surface area contributed by atoms with Crippen molar-refractivity contribution in [2.45, 2.75) is 58.4 Å². The van der Waals surface area contributed by atoms with Crippen LogP contribution in [-0.2, 0) is 6.54 Å². The zero-order valence-electron chi connectivity index (χ0n) is 16.4. The van der Waals surface area contributed by atoms with Crippen molar-refractivity contribution in [2.24, 2.45) is 0 Å². The molecule has 3 aromatic rings. The quantitative estimate of drug-likeness (QED) is 0.463. The van der Waals surface area contributed by atoms with Gasteiger partial charge in [0.15, 0.2) is 0 Å². The third-order valence-electron chi connectivity index (χ3n) is 5.55. The molecule has 1 aliphatic rings. The van der Waals surface area contributed by atoms with Gasteiger partial charge in [-0.25, -0.2) is 0 Å². The minimum atomic E-state index is 0.737. The van der Waals surface area contributed by atoms with Crippen molar-refractivity contribution in [1.82, 2.24) is 14.9 Å². The zero-order valence-corrected chi connectivity index (χ0v) is 17.3. The molecule has 1 fully saturated rings. The van der Waals surface area contributed by atoms with Crippen LogP contribution in [0.15, 0.2) is 36.7 Å². The van der Waals surface area contributed by atoms with Crippen LogP contribution in [0.4, 0.5) is 0 Å². The lowest BCUT2D eigenvalue weighted by Crippen LogP contribution is -2.24. The summed E-state index contributed by atoms with van der Waals surface area (Å²) in [5, 5.41) is 0. The summed E-state index contributed by atoms with van der Waals surface area (Å²) >= 11 is 1.86. The predicted molar refractivity (Wildman–Crippen MR) is 115 cm³/mol. The molecule has 0 bridgehead atoms. The van der Waals surface area contributed by atoms with E-state index in [2.05, 4.69) is 54.2 Å². The van der Waals surface area contributed by atoms with Crippen molar-refractivity contribution in [1.29, 1.82) is 0 Å². The van der Waals surface area contributed by atoms with E-state index in [9.17, 15) is 0 Å². The standard InChI is InChI=1S/C23H29N3S/c1-3-12-26(13-4-2)16-17-8-9-20(25-15-17)22-14-21-23(27-22)19(10-11-24-21)18-6-5-7-18/h8-11,14-15,18H,3-7,12-13,16H2,1-2H3. The molecule has 27 heavy (non-hydrogen) atoms. The highest BCUT2D eigenvalue weighted by atomic mass is 32.1. The normalized spacial score (nSPS) is 14.8. The number of aromatic nitrogens is 2. The van der Waals surface area contributed by atoms with Crippen LogP contribution in [0.25, 0.3) is 20.8 Å². The second kappa shape index (κ2) is 8.49. The fourth-order valence-electron chi connectivity index (χ4n) is 3.95. The van der Waals surface area contributed by atoms with Crippen LogP contribution >= 0.6 is 11.3 Å². The Morgan fingerprint density at radius 1 is 1.07 bits per heavy atom. The molecule has 0 saturated heterocycles. The first-order chi connectivity index (χ1) is 13.3. The molecular formula is C23H29N3S. The molecule has 3 heterocycles. The molecule has 3 aromatic heterocycles. The van der Waals surface area contributed by atoms with Gasteiger partial charge in [-0.15, -0.1) is 11.3 Å². The molecule has 0 spiro atoms. The molecule has 142 valence electrons. The number of thiophene rings is 1. The molecule has 0 aliphatic heterocycles. The SMILES string of the molecule is CCCN(CCC)Cc1ccc(-c2cc3nccc(C4CCC4)c3s2)nc1. The predicted octanol–water partition coefficient (Wildman–Crippen LogP) is 6.25. The average molecular weight is 380 g/mol. The number of hydrogen-bond donors (Lipinski definition) is 0. The Hall–Kier alpha value is -1.78. The van der Waals surface area contributed by atoms with Gasteiger partial charge in [0.2, 0.25) is 0 Å². The summed E-state index contributed by atoms with van der Waals surface area (Å²) in [4.78, 5) is 13.1. The third kappa shape index (κ3) is 4.07. The third-order valence-corrected chi connectivity index (χ3v) is 6.75. The van der Waals surface area contributed by atoms with Gasteiger partial charge in [0.05, 0.1) is 20.8 Å². The van der Waals surface area contributed by atoms with Gasteiger partial charge < -0.3 is 0 Å². The summed E-state index contributed by atoms with van der Waals surface area (Å²) in [6.07, 6.45) is 10.4. The zero-order chi connectivity index (χ0) is 18.6. The minimum Gasteiger partial charge on any atom is -0.299 e. The second-order valence-electron chi connectivity index (χ2n) is 7.68. The van der Waals surface area contributed by atoms with Crippen molar-refractivity contribution in [3.63, 3.8) is 0 Å². The number of hydrogen-bond acceptors (Lipinski definition) is 4. The summed E-state index contributed by atoms with van der Waals surface area (Å²) in [5.41, 5.74) is 4.99. The topological polar surface area (TPSA) is 29.0 Å². The van der Waals surface area contributed by atoms with E-state index < -0.39 is 0 Å². The van der Waals surface area contributed by atoms with Crippen molar-refractivity contribution < 1.29 is 0 Å². The Morgan fingerprint density at radius 3 is 2.52 bits per heavy atom. The molecule has 0 aromatic carbocycles. The van der Waals surface area contributed by atoms with Gasteiger partial charge in [0, 0.05) is 18.9 Å². The summed E-state index contributed by atoms with van der Waals surface area (Å²) in [6, 6.07) is 8.86. The maximum Gasteiger partial charge on any atom is 0.0819 e. The summed E-state index contributed by atoms with van der Waals surface area (Å²) in [5.74, 6) is 0.737. The first-order valence-electron chi connectivity index (χ1n) is 10.3. The monoisotopic (exact) mass is 379 g/mol. The highest BCUT2D eigenvalue weighted by Gasteiger charge is 2.22. The Bertz CT molecular complexity index is 874. The molecule has 0 N–H and O–H groups in total. The van der Waals surface area contributed by atoms with Crippen molar-refractivity contribution >= 4 is 21.6 Å². The largest absolute Gasteiger partial charge is 0.299 e. The summed E-state index contributed by atoms with van der Waals surface area (Å²) < 4.78 is 1.36. The lowest BCUT2D eigenvalue weighted by atomic mass is 9.80. The fourth-order valence-corrected chi connectivity index (χ4v) is 5.13. The lowest BCUT2D eigenvalue weighted by molar-refractivity contribution is 0.266. The lowest BCUT2D eigenvalue weighted by Gasteiger charge is -2.25. The van der Waals surface area contributed by atoms with Crippen LogP contribution in [0.5, 0.6) is 0 Å². The molecular weight excluding hydrogens is 350 g/mol. The van der Waals surface area contributed by atoms with Gasteiger partial charge in [-0.05, 0) is 74.0 Å². The molecule has 0 radical (unpaired) electrons. The maximum atomic E-state index is 4.78. The smallest absolute Gasteiger partial charge is 0.0819 e. The van der Waals surface area contributed by atoms with Crippen LogP contribution in [0.1, 0.15) is 63.0 Å². The molecule has 4 rings (SSSR count). The number of fused-ring (bicyclic) bond motifs is 1. The van der Waals surface area contributed by atoms with E-state index in [1.807, 2.05) is 17.5 Å². The van der Waals surface area contributed by atoms with Gasteiger partial charge in [-0.3, -0.25) is 14.9 Å². The molecule has 1 aliphatic carbocycles. The van der Waals surface area contributed by atoms with Gasteiger partial charge in [-0.2, -0.15) is 0 Å².